The molecule has 21 heavy (non-hydrogen) atoms. The second-order valence-electron chi connectivity index (χ2n) is 7.23. The minimum Gasteiger partial charge on any atom is -0.464 e. The summed E-state index contributed by atoms with van der Waals surface area (Å²) in [4.78, 5) is 0. The number of hydrogen-bond donors (Lipinski definition) is 1. The number of hydrogen-bond acceptors (Lipinski definition) is 3. The molecule has 0 bridgehead atoms. The molecule has 120 valence electrons. The number of nitrogens with two attached hydrogens (primary N) is 1. The van der Waals surface area contributed by atoms with Crippen molar-refractivity contribution < 1.29 is 9.15 Å². The van der Waals surface area contributed by atoms with E-state index < -0.39 is 0 Å². The molecule has 1 aromatic heterocycles. The zero-order valence-corrected chi connectivity index (χ0v) is 14.1. The Labute approximate surface area is 129 Å². The van der Waals surface area contributed by atoms with Crippen molar-refractivity contribution in [3.63, 3.8) is 0 Å². The number of furan rings is 1. The van der Waals surface area contributed by atoms with Crippen molar-refractivity contribution >= 4 is 0 Å². The molecule has 1 aliphatic rings. The van der Waals surface area contributed by atoms with Crippen LogP contribution < -0.4 is 5.73 Å². The van der Waals surface area contributed by atoms with E-state index in [1.165, 1.54) is 12.8 Å². The summed E-state index contributed by atoms with van der Waals surface area (Å²) in [6.45, 7) is 10.9. The van der Waals surface area contributed by atoms with E-state index in [2.05, 4.69) is 20.8 Å². The quantitative estimate of drug-likeness (QED) is 0.872. The maximum Gasteiger partial charge on any atom is 0.134 e. The van der Waals surface area contributed by atoms with Crippen LogP contribution in [0.2, 0.25) is 0 Å². The monoisotopic (exact) mass is 293 g/mol. The molecule has 0 radical (unpaired) electrons. The van der Waals surface area contributed by atoms with Crippen LogP contribution in [0.1, 0.15) is 64.6 Å². The van der Waals surface area contributed by atoms with Crippen LogP contribution in [-0.2, 0) is 4.74 Å². The van der Waals surface area contributed by atoms with Gasteiger partial charge in [0.2, 0.25) is 0 Å². The Hall–Kier alpha value is -0.800. The van der Waals surface area contributed by atoms with Crippen molar-refractivity contribution in [1.29, 1.82) is 0 Å². The molecule has 1 aromatic rings. The molecule has 1 fully saturated rings. The van der Waals surface area contributed by atoms with E-state index in [0.717, 1.165) is 23.9 Å². The van der Waals surface area contributed by atoms with Crippen LogP contribution in [0.3, 0.4) is 0 Å². The summed E-state index contributed by atoms with van der Waals surface area (Å²) in [5, 5.41) is 0. The summed E-state index contributed by atoms with van der Waals surface area (Å²) < 4.78 is 12.2. The number of rotatable bonds is 5. The smallest absolute Gasteiger partial charge is 0.134 e. The maximum atomic E-state index is 6.48. The molecule has 0 amide bonds. The van der Waals surface area contributed by atoms with Crippen LogP contribution in [0, 0.1) is 24.7 Å². The normalized spacial score (nSPS) is 29.6. The molecule has 1 aliphatic carbocycles. The molecule has 0 spiro atoms. The molecule has 1 heterocycles. The van der Waals surface area contributed by atoms with Gasteiger partial charge in [-0.15, -0.1) is 0 Å². The van der Waals surface area contributed by atoms with Gasteiger partial charge in [-0.05, 0) is 56.6 Å². The zero-order chi connectivity index (χ0) is 15.6. The minimum absolute atomic E-state index is 0.0689. The minimum atomic E-state index is -0.143. The fraction of sp³-hybridized carbons (Fsp3) is 0.778. The summed E-state index contributed by atoms with van der Waals surface area (Å²) >= 11 is 0. The Morgan fingerprint density at radius 3 is 2.48 bits per heavy atom. The van der Waals surface area contributed by atoms with Crippen LogP contribution in [0.4, 0.5) is 0 Å². The largest absolute Gasteiger partial charge is 0.464 e. The summed E-state index contributed by atoms with van der Waals surface area (Å²) in [6, 6.07) is 3.91. The molecule has 0 aliphatic heterocycles. The lowest BCUT2D eigenvalue weighted by Gasteiger charge is -2.39. The van der Waals surface area contributed by atoms with E-state index in [4.69, 9.17) is 14.9 Å². The predicted molar refractivity (Wildman–Crippen MR) is 86.1 cm³/mol. The molecule has 1 saturated carbocycles. The van der Waals surface area contributed by atoms with Crippen LogP contribution >= 0.6 is 0 Å². The van der Waals surface area contributed by atoms with Crippen LogP contribution in [0.5, 0.6) is 0 Å². The van der Waals surface area contributed by atoms with Gasteiger partial charge in [-0.25, -0.2) is 0 Å². The van der Waals surface area contributed by atoms with Gasteiger partial charge in [0, 0.05) is 6.04 Å². The van der Waals surface area contributed by atoms with Gasteiger partial charge in [0.05, 0.1) is 6.10 Å². The van der Waals surface area contributed by atoms with Gasteiger partial charge in [0.15, 0.2) is 0 Å². The highest BCUT2D eigenvalue weighted by atomic mass is 16.5. The first kappa shape index (κ1) is 16.6. The van der Waals surface area contributed by atoms with Crippen LogP contribution in [0.25, 0.3) is 0 Å². The molecular formula is C18H31NO2. The molecule has 5 atom stereocenters. The zero-order valence-electron chi connectivity index (χ0n) is 14.1. The lowest BCUT2D eigenvalue weighted by Crippen LogP contribution is -2.38. The van der Waals surface area contributed by atoms with Crippen molar-refractivity contribution in [2.75, 3.05) is 0 Å². The van der Waals surface area contributed by atoms with Crippen molar-refractivity contribution in [1.82, 2.24) is 0 Å². The third-order valence-corrected chi connectivity index (χ3v) is 4.80. The van der Waals surface area contributed by atoms with E-state index in [0.29, 0.717) is 11.8 Å². The first-order valence-corrected chi connectivity index (χ1v) is 8.35. The van der Waals surface area contributed by atoms with Crippen molar-refractivity contribution in [2.24, 2.45) is 23.5 Å². The standard InChI is InChI=1S/C18H31NO2/c1-11(2)15-8-6-12(3)10-17(15)21-18(14(5)19)16-9-7-13(4)20-16/h7,9,11-12,14-15,17-18H,6,8,10,19H2,1-5H3. The van der Waals surface area contributed by atoms with Gasteiger partial charge in [-0.1, -0.05) is 27.2 Å². The summed E-state index contributed by atoms with van der Waals surface area (Å²) in [5.41, 5.74) is 6.17. The molecular weight excluding hydrogens is 262 g/mol. The topological polar surface area (TPSA) is 48.4 Å². The summed E-state index contributed by atoms with van der Waals surface area (Å²) in [7, 11) is 0. The van der Waals surface area contributed by atoms with Crippen molar-refractivity contribution in [3.8, 4) is 0 Å². The van der Waals surface area contributed by atoms with Crippen molar-refractivity contribution in [2.45, 2.75) is 72.1 Å². The Bertz CT molecular complexity index is 438. The van der Waals surface area contributed by atoms with Gasteiger partial charge in [0.25, 0.3) is 0 Å². The molecule has 0 aromatic carbocycles. The lowest BCUT2D eigenvalue weighted by atomic mass is 9.75. The van der Waals surface area contributed by atoms with E-state index >= 15 is 0 Å². The van der Waals surface area contributed by atoms with Gasteiger partial charge >= 0.3 is 0 Å². The third kappa shape index (κ3) is 4.10. The second-order valence-corrected chi connectivity index (χ2v) is 7.23. The summed E-state index contributed by atoms with van der Waals surface area (Å²) in [5.74, 6) is 3.78. The van der Waals surface area contributed by atoms with Gasteiger partial charge in [0.1, 0.15) is 17.6 Å². The average molecular weight is 293 g/mol. The summed E-state index contributed by atoms with van der Waals surface area (Å²) in [6.07, 6.45) is 3.84. The predicted octanol–water partition coefficient (Wildman–Crippen LogP) is 4.45. The molecule has 0 saturated heterocycles. The van der Waals surface area contributed by atoms with E-state index in [9.17, 15) is 0 Å². The second kappa shape index (κ2) is 6.97. The Morgan fingerprint density at radius 2 is 1.95 bits per heavy atom. The van der Waals surface area contributed by atoms with E-state index in [-0.39, 0.29) is 18.2 Å². The Balaban J connectivity index is 2.14. The highest BCUT2D eigenvalue weighted by Crippen LogP contribution is 2.38. The average Bonchev–Trinajstić information content (AvgIpc) is 2.81. The first-order chi connectivity index (χ1) is 9.88. The lowest BCUT2D eigenvalue weighted by molar-refractivity contribution is -0.0951. The Kier molecular flexibility index (Phi) is 5.50. The number of aryl methyl sites for hydroxylation is 1. The van der Waals surface area contributed by atoms with Gasteiger partial charge in [-0.2, -0.15) is 0 Å². The Morgan fingerprint density at radius 1 is 1.24 bits per heavy atom. The highest BCUT2D eigenvalue weighted by molar-refractivity contribution is 5.10. The molecule has 3 heteroatoms. The highest BCUT2D eigenvalue weighted by Gasteiger charge is 2.35. The van der Waals surface area contributed by atoms with Crippen LogP contribution in [-0.4, -0.2) is 12.1 Å². The molecule has 3 nitrogen and oxygen atoms in total. The molecule has 2 N–H and O–H groups in total. The van der Waals surface area contributed by atoms with E-state index in [1.54, 1.807) is 0 Å². The molecule has 5 unspecified atom stereocenters. The molecule has 2 rings (SSSR count). The third-order valence-electron chi connectivity index (χ3n) is 4.80. The number of ether oxygens (including phenoxy) is 1. The fourth-order valence-electron chi connectivity index (χ4n) is 3.52. The van der Waals surface area contributed by atoms with Gasteiger partial charge in [-0.3, -0.25) is 0 Å². The van der Waals surface area contributed by atoms with Gasteiger partial charge < -0.3 is 14.9 Å². The van der Waals surface area contributed by atoms with Crippen molar-refractivity contribution in [3.05, 3.63) is 23.7 Å². The maximum absolute atomic E-state index is 6.48. The fourth-order valence-corrected chi connectivity index (χ4v) is 3.52. The first-order valence-electron chi connectivity index (χ1n) is 8.35. The van der Waals surface area contributed by atoms with E-state index in [1.807, 2.05) is 26.0 Å². The SMILES string of the molecule is Cc1ccc(C(OC2CC(C)CCC2C(C)C)C(C)N)o1. The van der Waals surface area contributed by atoms with Crippen LogP contribution in [0.15, 0.2) is 16.5 Å².